The van der Waals surface area contributed by atoms with Gasteiger partial charge in [-0.25, -0.2) is 9.97 Å². The van der Waals surface area contributed by atoms with Crippen molar-refractivity contribution in [2.24, 2.45) is 0 Å². The van der Waals surface area contributed by atoms with E-state index < -0.39 is 0 Å². The summed E-state index contributed by atoms with van der Waals surface area (Å²) in [7, 11) is 0. The van der Waals surface area contributed by atoms with Crippen LogP contribution in [0, 0.1) is 6.92 Å². The zero-order chi connectivity index (χ0) is 15.6. The molecule has 0 bridgehead atoms. The molecule has 0 unspecified atom stereocenters. The van der Waals surface area contributed by atoms with Crippen molar-refractivity contribution in [3.8, 4) is 0 Å². The van der Waals surface area contributed by atoms with E-state index in [0.717, 1.165) is 16.0 Å². The Bertz CT molecular complexity index is 633. The van der Waals surface area contributed by atoms with E-state index in [1.54, 1.807) is 11.8 Å². The summed E-state index contributed by atoms with van der Waals surface area (Å²) in [5, 5.41) is 0. The standard InChI is InChI=1S/C16H20BrN3S/c1-10-5-7-11(8-6-10)21-9-12-19-14(16(2,3)4)13(17)15(18)20-12/h5-8H,9H2,1-4H3,(H2,18,19,20). The van der Waals surface area contributed by atoms with E-state index in [1.807, 2.05) is 0 Å². The minimum Gasteiger partial charge on any atom is -0.383 e. The fraction of sp³-hybridized carbons (Fsp3) is 0.375. The molecule has 0 radical (unpaired) electrons. The molecule has 112 valence electrons. The highest BCUT2D eigenvalue weighted by molar-refractivity contribution is 9.10. The Hall–Kier alpha value is -1.07. The minimum atomic E-state index is -0.0703. The van der Waals surface area contributed by atoms with Gasteiger partial charge in [-0.1, -0.05) is 38.5 Å². The summed E-state index contributed by atoms with van der Waals surface area (Å²) in [5.41, 5.74) is 8.15. The number of hydrogen-bond donors (Lipinski definition) is 1. The van der Waals surface area contributed by atoms with Gasteiger partial charge in [0.05, 0.1) is 15.9 Å². The van der Waals surface area contributed by atoms with Crippen molar-refractivity contribution in [1.29, 1.82) is 0 Å². The van der Waals surface area contributed by atoms with Gasteiger partial charge in [-0.05, 0) is 35.0 Å². The molecule has 2 aromatic rings. The molecule has 0 aliphatic heterocycles. The quantitative estimate of drug-likeness (QED) is 0.799. The van der Waals surface area contributed by atoms with Gasteiger partial charge in [0.2, 0.25) is 0 Å². The van der Waals surface area contributed by atoms with E-state index in [1.165, 1.54) is 10.5 Å². The van der Waals surface area contributed by atoms with Gasteiger partial charge >= 0.3 is 0 Å². The number of nitrogens with zero attached hydrogens (tertiary/aromatic N) is 2. The third-order valence-electron chi connectivity index (χ3n) is 3.02. The van der Waals surface area contributed by atoms with Crippen molar-refractivity contribution >= 4 is 33.5 Å². The average molecular weight is 366 g/mol. The number of rotatable bonds is 3. The Kier molecular flexibility index (Phi) is 4.94. The number of nitrogens with two attached hydrogens (primary N) is 1. The van der Waals surface area contributed by atoms with Gasteiger partial charge in [-0.15, -0.1) is 11.8 Å². The Morgan fingerprint density at radius 2 is 1.76 bits per heavy atom. The molecule has 0 saturated heterocycles. The predicted molar refractivity (Wildman–Crippen MR) is 93.6 cm³/mol. The van der Waals surface area contributed by atoms with Crippen molar-refractivity contribution in [2.45, 2.75) is 43.8 Å². The number of anilines is 1. The molecule has 0 spiro atoms. The lowest BCUT2D eigenvalue weighted by atomic mass is 9.92. The zero-order valence-electron chi connectivity index (χ0n) is 12.8. The van der Waals surface area contributed by atoms with E-state index in [4.69, 9.17) is 5.73 Å². The Morgan fingerprint density at radius 1 is 1.14 bits per heavy atom. The van der Waals surface area contributed by atoms with Crippen molar-refractivity contribution in [3.05, 3.63) is 45.8 Å². The van der Waals surface area contributed by atoms with Crippen molar-refractivity contribution in [1.82, 2.24) is 9.97 Å². The molecule has 0 aliphatic rings. The molecule has 1 aromatic heterocycles. The van der Waals surface area contributed by atoms with Gasteiger partial charge in [0.25, 0.3) is 0 Å². The smallest absolute Gasteiger partial charge is 0.141 e. The summed E-state index contributed by atoms with van der Waals surface area (Å²) in [4.78, 5) is 10.3. The predicted octanol–water partition coefficient (Wildman–Crippen LogP) is 4.72. The van der Waals surface area contributed by atoms with Crippen LogP contribution >= 0.6 is 27.7 Å². The van der Waals surface area contributed by atoms with Crippen LogP contribution in [-0.4, -0.2) is 9.97 Å². The summed E-state index contributed by atoms with van der Waals surface area (Å²) in [6.45, 7) is 8.45. The first-order chi connectivity index (χ1) is 9.77. The second-order valence-electron chi connectivity index (χ2n) is 6.04. The molecule has 0 aliphatic carbocycles. The topological polar surface area (TPSA) is 51.8 Å². The van der Waals surface area contributed by atoms with Gasteiger partial charge in [0, 0.05) is 10.3 Å². The normalized spacial score (nSPS) is 11.7. The highest BCUT2D eigenvalue weighted by atomic mass is 79.9. The molecule has 1 aromatic carbocycles. The number of nitrogen functional groups attached to an aromatic ring is 1. The molecule has 21 heavy (non-hydrogen) atoms. The monoisotopic (exact) mass is 365 g/mol. The molecular formula is C16H20BrN3S. The van der Waals surface area contributed by atoms with Crippen LogP contribution in [0.5, 0.6) is 0 Å². The van der Waals surface area contributed by atoms with Crippen LogP contribution in [-0.2, 0) is 11.2 Å². The molecule has 2 rings (SSSR count). The second kappa shape index (κ2) is 6.36. The SMILES string of the molecule is Cc1ccc(SCc2nc(N)c(Br)c(C(C)(C)C)n2)cc1. The summed E-state index contributed by atoms with van der Waals surface area (Å²) in [5.74, 6) is 1.99. The number of hydrogen-bond acceptors (Lipinski definition) is 4. The molecular weight excluding hydrogens is 346 g/mol. The lowest BCUT2D eigenvalue weighted by Gasteiger charge is -2.20. The third-order valence-corrected chi connectivity index (χ3v) is 4.81. The first-order valence-corrected chi connectivity index (χ1v) is 8.57. The van der Waals surface area contributed by atoms with Gasteiger partial charge in [-0.3, -0.25) is 0 Å². The first kappa shape index (κ1) is 16.3. The van der Waals surface area contributed by atoms with Crippen LogP contribution in [0.25, 0.3) is 0 Å². The first-order valence-electron chi connectivity index (χ1n) is 6.79. The van der Waals surface area contributed by atoms with Crippen LogP contribution in [0.2, 0.25) is 0 Å². The molecule has 0 atom stereocenters. The van der Waals surface area contributed by atoms with Gasteiger partial charge in [0.1, 0.15) is 11.6 Å². The van der Waals surface area contributed by atoms with Crippen LogP contribution in [0.15, 0.2) is 33.6 Å². The molecule has 2 N–H and O–H groups in total. The van der Waals surface area contributed by atoms with Gasteiger partial charge < -0.3 is 5.73 Å². The fourth-order valence-electron chi connectivity index (χ4n) is 1.86. The molecule has 5 heteroatoms. The van der Waals surface area contributed by atoms with Crippen molar-refractivity contribution in [3.63, 3.8) is 0 Å². The number of aromatic nitrogens is 2. The molecule has 0 amide bonds. The Balaban J connectivity index is 2.21. The van der Waals surface area contributed by atoms with E-state index in [0.29, 0.717) is 11.6 Å². The fourth-order valence-corrected chi connectivity index (χ4v) is 3.38. The maximum Gasteiger partial charge on any atom is 0.141 e. The maximum atomic E-state index is 6.00. The Labute approximate surface area is 138 Å². The summed E-state index contributed by atoms with van der Waals surface area (Å²) in [6, 6.07) is 8.46. The molecule has 0 saturated carbocycles. The summed E-state index contributed by atoms with van der Waals surface area (Å²) in [6.07, 6.45) is 0. The van der Waals surface area contributed by atoms with E-state index >= 15 is 0 Å². The largest absolute Gasteiger partial charge is 0.383 e. The zero-order valence-corrected chi connectivity index (χ0v) is 15.2. The number of benzene rings is 1. The van der Waals surface area contributed by atoms with E-state index in [-0.39, 0.29) is 5.41 Å². The summed E-state index contributed by atoms with van der Waals surface area (Å²) < 4.78 is 0.805. The number of halogens is 1. The Morgan fingerprint density at radius 3 is 2.33 bits per heavy atom. The lowest BCUT2D eigenvalue weighted by Crippen LogP contribution is -2.17. The molecule has 1 heterocycles. The van der Waals surface area contributed by atoms with Crippen molar-refractivity contribution in [2.75, 3.05) is 5.73 Å². The van der Waals surface area contributed by atoms with Crippen LogP contribution in [0.3, 0.4) is 0 Å². The lowest BCUT2D eigenvalue weighted by molar-refractivity contribution is 0.561. The van der Waals surface area contributed by atoms with E-state index in [2.05, 4.69) is 77.9 Å². The van der Waals surface area contributed by atoms with Crippen LogP contribution in [0.1, 0.15) is 37.9 Å². The van der Waals surface area contributed by atoms with Crippen LogP contribution < -0.4 is 5.73 Å². The average Bonchev–Trinajstić information content (AvgIpc) is 2.40. The third kappa shape index (κ3) is 4.20. The second-order valence-corrected chi connectivity index (χ2v) is 7.88. The van der Waals surface area contributed by atoms with Crippen molar-refractivity contribution < 1.29 is 0 Å². The number of thioether (sulfide) groups is 1. The van der Waals surface area contributed by atoms with E-state index in [9.17, 15) is 0 Å². The van der Waals surface area contributed by atoms with Gasteiger partial charge in [-0.2, -0.15) is 0 Å². The summed E-state index contributed by atoms with van der Waals surface area (Å²) >= 11 is 5.22. The molecule has 3 nitrogen and oxygen atoms in total. The molecule has 0 fully saturated rings. The van der Waals surface area contributed by atoms with Crippen LogP contribution in [0.4, 0.5) is 5.82 Å². The van der Waals surface area contributed by atoms with Gasteiger partial charge in [0.15, 0.2) is 0 Å². The number of aryl methyl sites for hydroxylation is 1. The minimum absolute atomic E-state index is 0.0703. The highest BCUT2D eigenvalue weighted by Gasteiger charge is 2.22. The highest BCUT2D eigenvalue weighted by Crippen LogP contribution is 2.32. The maximum absolute atomic E-state index is 6.00.